The lowest BCUT2D eigenvalue weighted by atomic mass is 9.99. The van der Waals surface area contributed by atoms with Gasteiger partial charge in [-0.15, -0.1) is 11.3 Å². The fraction of sp³-hybridized carbons (Fsp3) is 0.294. The molecule has 0 saturated carbocycles. The number of rotatable bonds is 4. The molecule has 2 aromatic heterocycles. The molecule has 0 saturated heterocycles. The Morgan fingerprint density at radius 2 is 2.00 bits per heavy atom. The lowest BCUT2D eigenvalue weighted by Crippen LogP contribution is -2.22. The molecule has 23 heavy (non-hydrogen) atoms. The van der Waals surface area contributed by atoms with Crippen molar-refractivity contribution in [3.63, 3.8) is 0 Å². The van der Waals surface area contributed by atoms with Gasteiger partial charge < -0.3 is 10.0 Å². The number of anilines is 1. The van der Waals surface area contributed by atoms with Crippen molar-refractivity contribution in [2.24, 2.45) is 0 Å². The van der Waals surface area contributed by atoms with Crippen LogP contribution in [0.3, 0.4) is 0 Å². The molecular formula is C17H18ClN3OS. The maximum Gasteiger partial charge on any atom is 0.225 e. The second-order valence-corrected chi connectivity index (χ2v) is 6.81. The number of aliphatic hydroxyl groups excluding tert-OH is 1. The molecule has 1 N–H and O–H groups in total. The summed E-state index contributed by atoms with van der Waals surface area (Å²) < 4.78 is 0. The van der Waals surface area contributed by atoms with E-state index < -0.39 is 0 Å². The van der Waals surface area contributed by atoms with Crippen molar-refractivity contribution in [3.8, 4) is 11.1 Å². The van der Waals surface area contributed by atoms with Crippen LogP contribution in [-0.4, -0.2) is 35.3 Å². The van der Waals surface area contributed by atoms with E-state index in [1.54, 1.807) is 11.3 Å². The number of benzene rings is 1. The first-order chi connectivity index (χ1) is 11.0. The highest BCUT2D eigenvalue weighted by molar-refractivity contribution is 7.17. The standard InChI is InChI=1S/C17H18ClN3OS/c1-10-4-5-12(11(2)8-10)13-9-23-16-14(13)15(19-17(18)20-16)21(3)6-7-22/h4-5,8-9,22H,6-7H2,1-3H3. The van der Waals surface area contributed by atoms with Crippen LogP contribution in [0.25, 0.3) is 21.3 Å². The van der Waals surface area contributed by atoms with Gasteiger partial charge in [-0.25, -0.2) is 4.98 Å². The van der Waals surface area contributed by atoms with Crippen molar-refractivity contribution in [2.45, 2.75) is 13.8 Å². The Bertz CT molecular complexity index is 862. The van der Waals surface area contributed by atoms with Crippen molar-refractivity contribution in [2.75, 3.05) is 25.1 Å². The van der Waals surface area contributed by atoms with E-state index in [1.807, 2.05) is 11.9 Å². The first kappa shape index (κ1) is 16.2. The third kappa shape index (κ3) is 3.04. The predicted molar refractivity (Wildman–Crippen MR) is 97.7 cm³/mol. The zero-order chi connectivity index (χ0) is 16.6. The number of hydrogen-bond acceptors (Lipinski definition) is 5. The second kappa shape index (κ2) is 6.43. The third-order valence-corrected chi connectivity index (χ3v) is 4.90. The van der Waals surface area contributed by atoms with Crippen molar-refractivity contribution >= 4 is 39.0 Å². The lowest BCUT2D eigenvalue weighted by Gasteiger charge is -2.18. The molecule has 0 aliphatic rings. The van der Waals surface area contributed by atoms with Crippen LogP contribution in [0.4, 0.5) is 5.82 Å². The number of aliphatic hydroxyl groups is 1. The summed E-state index contributed by atoms with van der Waals surface area (Å²) >= 11 is 7.63. The molecule has 4 nitrogen and oxygen atoms in total. The predicted octanol–water partition coefficient (Wildman–Crippen LogP) is 4.06. The maximum absolute atomic E-state index is 9.24. The number of aromatic nitrogens is 2. The quantitative estimate of drug-likeness (QED) is 0.723. The smallest absolute Gasteiger partial charge is 0.225 e. The monoisotopic (exact) mass is 347 g/mol. The summed E-state index contributed by atoms with van der Waals surface area (Å²) in [7, 11) is 1.90. The molecule has 3 rings (SSSR count). The molecule has 0 radical (unpaired) electrons. The van der Waals surface area contributed by atoms with Gasteiger partial charge in [-0.1, -0.05) is 23.8 Å². The summed E-state index contributed by atoms with van der Waals surface area (Å²) in [6.45, 7) is 4.75. The normalized spacial score (nSPS) is 11.2. The summed E-state index contributed by atoms with van der Waals surface area (Å²) in [5.74, 6) is 0.755. The third-order valence-electron chi connectivity index (χ3n) is 3.86. The molecule has 120 valence electrons. The zero-order valence-electron chi connectivity index (χ0n) is 13.3. The average Bonchev–Trinajstić information content (AvgIpc) is 2.90. The SMILES string of the molecule is Cc1ccc(-c2csc3nc(Cl)nc(N(C)CCO)c23)c(C)c1. The van der Waals surface area contributed by atoms with Crippen molar-refractivity contribution < 1.29 is 5.11 Å². The van der Waals surface area contributed by atoms with Crippen molar-refractivity contribution in [3.05, 3.63) is 40.0 Å². The zero-order valence-corrected chi connectivity index (χ0v) is 14.9. The molecule has 0 amide bonds. The van der Waals surface area contributed by atoms with Gasteiger partial charge in [0.15, 0.2) is 0 Å². The van der Waals surface area contributed by atoms with E-state index >= 15 is 0 Å². The molecule has 0 unspecified atom stereocenters. The molecule has 6 heteroatoms. The molecule has 1 aromatic carbocycles. The second-order valence-electron chi connectivity index (χ2n) is 5.61. The topological polar surface area (TPSA) is 49.2 Å². The molecular weight excluding hydrogens is 330 g/mol. The highest BCUT2D eigenvalue weighted by atomic mass is 35.5. The Kier molecular flexibility index (Phi) is 4.53. The Morgan fingerprint density at radius 3 is 2.70 bits per heavy atom. The Labute approximate surface area is 144 Å². The van der Waals surface area contributed by atoms with Crippen LogP contribution in [0.2, 0.25) is 5.28 Å². The van der Waals surface area contributed by atoms with E-state index in [-0.39, 0.29) is 11.9 Å². The summed E-state index contributed by atoms with van der Waals surface area (Å²) in [5.41, 5.74) is 4.74. The van der Waals surface area contributed by atoms with Gasteiger partial charge in [-0.2, -0.15) is 4.98 Å². The molecule has 0 atom stereocenters. The van der Waals surface area contributed by atoms with Crippen LogP contribution in [0, 0.1) is 13.8 Å². The highest BCUT2D eigenvalue weighted by Crippen LogP contribution is 2.39. The summed E-state index contributed by atoms with van der Waals surface area (Å²) in [4.78, 5) is 11.5. The number of nitrogens with zero attached hydrogens (tertiary/aromatic N) is 3. The summed E-state index contributed by atoms with van der Waals surface area (Å²) in [5, 5.41) is 12.6. The number of aryl methyl sites for hydroxylation is 2. The van der Waals surface area contributed by atoms with E-state index in [2.05, 4.69) is 47.4 Å². The molecule has 0 aliphatic carbocycles. The van der Waals surface area contributed by atoms with Gasteiger partial charge in [-0.05, 0) is 36.6 Å². The van der Waals surface area contributed by atoms with Gasteiger partial charge in [-0.3, -0.25) is 0 Å². The molecule has 0 spiro atoms. The Morgan fingerprint density at radius 1 is 1.22 bits per heavy atom. The number of halogens is 1. The van der Waals surface area contributed by atoms with Gasteiger partial charge in [0.2, 0.25) is 5.28 Å². The number of hydrogen-bond donors (Lipinski definition) is 1. The van der Waals surface area contributed by atoms with E-state index in [1.165, 1.54) is 16.7 Å². The van der Waals surface area contributed by atoms with Gasteiger partial charge >= 0.3 is 0 Å². The van der Waals surface area contributed by atoms with Crippen LogP contribution in [0.1, 0.15) is 11.1 Å². The molecule has 0 aliphatic heterocycles. The van der Waals surface area contributed by atoms with Crippen LogP contribution >= 0.6 is 22.9 Å². The fourth-order valence-electron chi connectivity index (χ4n) is 2.74. The van der Waals surface area contributed by atoms with Crippen LogP contribution in [0.15, 0.2) is 23.6 Å². The van der Waals surface area contributed by atoms with Crippen LogP contribution in [0.5, 0.6) is 0 Å². The minimum atomic E-state index is 0.0582. The first-order valence-electron chi connectivity index (χ1n) is 7.35. The van der Waals surface area contributed by atoms with Gasteiger partial charge in [0.1, 0.15) is 10.6 Å². The van der Waals surface area contributed by atoms with Crippen molar-refractivity contribution in [1.82, 2.24) is 9.97 Å². The minimum Gasteiger partial charge on any atom is -0.395 e. The molecule has 0 bridgehead atoms. The molecule has 3 aromatic rings. The molecule has 0 fully saturated rings. The Balaban J connectivity index is 2.26. The summed E-state index contributed by atoms with van der Waals surface area (Å²) in [6.07, 6.45) is 0. The maximum atomic E-state index is 9.24. The minimum absolute atomic E-state index is 0.0582. The average molecular weight is 348 g/mol. The number of fused-ring (bicyclic) bond motifs is 1. The van der Waals surface area contributed by atoms with E-state index in [4.69, 9.17) is 11.6 Å². The summed E-state index contributed by atoms with van der Waals surface area (Å²) in [6, 6.07) is 6.42. The lowest BCUT2D eigenvalue weighted by molar-refractivity contribution is 0.304. The van der Waals surface area contributed by atoms with Crippen LogP contribution in [-0.2, 0) is 0 Å². The Hall–Kier alpha value is -1.69. The van der Waals surface area contributed by atoms with E-state index in [0.717, 1.165) is 21.6 Å². The highest BCUT2D eigenvalue weighted by Gasteiger charge is 2.18. The molecule has 2 heterocycles. The van der Waals surface area contributed by atoms with E-state index in [0.29, 0.717) is 6.54 Å². The van der Waals surface area contributed by atoms with Crippen LogP contribution < -0.4 is 4.90 Å². The number of likely N-dealkylation sites (N-methyl/N-ethyl adjacent to an activating group) is 1. The fourth-order valence-corrected chi connectivity index (χ4v) is 3.89. The van der Waals surface area contributed by atoms with Crippen molar-refractivity contribution in [1.29, 1.82) is 0 Å². The van der Waals surface area contributed by atoms with Gasteiger partial charge in [0, 0.05) is 24.5 Å². The van der Waals surface area contributed by atoms with E-state index in [9.17, 15) is 5.11 Å². The van der Waals surface area contributed by atoms with Gasteiger partial charge in [0.05, 0.1) is 12.0 Å². The van der Waals surface area contributed by atoms with Gasteiger partial charge in [0.25, 0.3) is 0 Å². The number of thiophene rings is 1. The largest absolute Gasteiger partial charge is 0.395 e. The first-order valence-corrected chi connectivity index (χ1v) is 8.61.